The summed E-state index contributed by atoms with van der Waals surface area (Å²) in [5.41, 5.74) is 2.55. The van der Waals surface area contributed by atoms with E-state index >= 15 is 0 Å². The molecule has 1 aliphatic heterocycles. The van der Waals surface area contributed by atoms with Crippen LogP contribution in [0.2, 0.25) is 0 Å². The lowest BCUT2D eigenvalue weighted by Gasteiger charge is -2.36. The van der Waals surface area contributed by atoms with Gasteiger partial charge < -0.3 is 14.2 Å². The molecular weight excluding hydrogens is 368 g/mol. The number of Topliss-reactive ketones (excluding diaryl/α,β-unsaturated/α-hetero) is 1. The Bertz CT molecular complexity index is 947. The van der Waals surface area contributed by atoms with Crippen molar-refractivity contribution in [2.24, 2.45) is 5.92 Å². The predicted molar refractivity (Wildman–Crippen MR) is 107 cm³/mol. The second kappa shape index (κ2) is 8.11. The number of carbonyl (C=O) groups is 2. The molecule has 3 unspecified atom stereocenters. The summed E-state index contributed by atoms with van der Waals surface area (Å²) in [7, 11) is 0. The van der Waals surface area contributed by atoms with Gasteiger partial charge in [-0.3, -0.25) is 4.79 Å². The standard InChI is InChI=1S/C24H24O5/c1-15-8-9-16(2)20(12-15)29-22-14-27-21-13-18(10-11-19(21)23(22)25)28-24(26)17-6-4-3-5-7-17/h3-9,12,14,18-19,21H,10-11,13H2,1-2H3. The number of hydrogen-bond acceptors (Lipinski definition) is 5. The van der Waals surface area contributed by atoms with Crippen LogP contribution in [0.5, 0.6) is 5.75 Å². The van der Waals surface area contributed by atoms with Gasteiger partial charge in [-0.1, -0.05) is 30.3 Å². The fraction of sp³-hybridized carbons (Fsp3) is 0.333. The van der Waals surface area contributed by atoms with Gasteiger partial charge >= 0.3 is 5.97 Å². The van der Waals surface area contributed by atoms with Crippen molar-refractivity contribution >= 4 is 11.8 Å². The van der Waals surface area contributed by atoms with Gasteiger partial charge in [-0.15, -0.1) is 0 Å². The lowest BCUT2D eigenvalue weighted by molar-refractivity contribution is -0.132. The topological polar surface area (TPSA) is 61.8 Å². The molecule has 2 aliphatic rings. The number of hydrogen-bond donors (Lipinski definition) is 0. The largest absolute Gasteiger partial charge is 0.493 e. The van der Waals surface area contributed by atoms with Crippen molar-refractivity contribution in [1.29, 1.82) is 0 Å². The lowest BCUT2D eigenvalue weighted by Crippen LogP contribution is -2.43. The summed E-state index contributed by atoms with van der Waals surface area (Å²) in [6, 6.07) is 14.8. The molecule has 1 fully saturated rings. The second-order valence-corrected chi connectivity index (χ2v) is 7.70. The third-order valence-electron chi connectivity index (χ3n) is 5.52. The summed E-state index contributed by atoms with van der Waals surface area (Å²) < 4.78 is 17.3. The van der Waals surface area contributed by atoms with E-state index in [2.05, 4.69) is 0 Å². The summed E-state index contributed by atoms with van der Waals surface area (Å²) in [6.07, 6.45) is 2.59. The summed E-state index contributed by atoms with van der Waals surface area (Å²) in [4.78, 5) is 25.2. The average molecular weight is 392 g/mol. The molecule has 0 bridgehead atoms. The van der Waals surface area contributed by atoms with E-state index in [0.29, 0.717) is 30.6 Å². The molecule has 5 nitrogen and oxygen atoms in total. The minimum Gasteiger partial charge on any atom is -0.493 e. The third kappa shape index (κ3) is 4.19. The first-order chi connectivity index (χ1) is 14.0. The highest BCUT2D eigenvalue weighted by molar-refractivity contribution is 5.96. The van der Waals surface area contributed by atoms with Gasteiger partial charge in [0.1, 0.15) is 24.2 Å². The fourth-order valence-electron chi connectivity index (χ4n) is 3.84. The van der Waals surface area contributed by atoms with Gasteiger partial charge in [0.2, 0.25) is 11.5 Å². The summed E-state index contributed by atoms with van der Waals surface area (Å²) >= 11 is 0. The Kier molecular flexibility index (Phi) is 5.38. The second-order valence-electron chi connectivity index (χ2n) is 7.70. The molecule has 3 atom stereocenters. The van der Waals surface area contributed by atoms with E-state index in [0.717, 1.165) is 11.1 Å². The molecule has 1 heterocycles. The van der Waals surface area contributed by atoms with E-state index in [1.54, 1.807) is 24.3 Å². The number of rotatable bonds is 4. The van der Waals surface area contributed by atoms with Gasteiger partial charge in [0.05, 0.1) is 11.5 Å². The van der Waals surface area contributed by atoms with Gasteiger partial charge in [-0.25, -0.2) is 4.79 Å². The Labute approximate surface area is 170 Å². The Hall–Kier alpha value is -3.08. The van der Waals surface area contributed by atoms with Crippen LogP contribution in [-0.4, -0.2) is 24.0 Å². The zero-order valence-corrected chi connectivity index (χ0v) is 16.6. The Morgan fingerprint density at radius 2 is 1.86 bits per heavy atom. The number of carbonyl (C=O) groups excluding carboxylic acids is 2. The monoisotopic (exact) mass is 392 g/mol. The number of aryl methyl sites for hydroxylation is 2. The maximum atomic E-state index is 12.9. The molecule has 0 aromatic heterocycles. The van der Waals surface area contributed by atoms with Crippen LogP contribution < -0.4 is 4.74 Å². The smallest absolute Gasteiger partial charge is 0.338 e. The molecular formula is C24H24O5. The van der Waals surface area contributed by atoms with Crippen molar-refractivity contribution in [2.45, 2.75) is 45.3 Å². The minimum atomic E-state index is -0.342. The maximum Gasteiger partial charge on any atom is 0.338 e. The number of allylic oxidation sites excluding steroid dienone is 1. The normalized spacial score (nSPS) is 23.4. The highest BCUT2D eigenvalue weighted by Gasteiger charge is 2.42. The van der Waals surface area contributed by atoms with E-state index in [9.17, 15) is 9.59 Å². The van der Waals surface area contributed by atoms with Gasteiger partial charge in [0, 0.05) is 6.42 Å². The number of ether oxygens (including phenoxy) is 3. The van der Waals surface area contributed by atoms with E-state index < -0.39 is 0 Å². The van der Waals surface area contributed by atoms with Crippen molar-refractivity contribution in [2.75, 3.05) is 0 Å². The Balaban J connectivity index is 1.41. The van der Waals surface area contributed by atoms with Crippen LogP contribution in [0, 0.1) is 19.8 Å². The van der Waals surface area contributed by atoms with Gasteiger partial charge in [0.25, 0.3) is 0 Å². The van der Waals surface area contributed by atoms with Crippen molar-refractivity contribution in [1.82, 2.24) is 0 Å². The van der Waals surface area contributed by atoms with Crippen molar-refractivity contribution in [3.63, 3.8) is 0 Å². The highest BCUT2D eigenvalue weighted by Crippen LogP contribution is 2.35. The van der Waals surface area contributed by atoms with E-state index in [1.165, 1.54) is 6.26 Å². The quantitative estimate of drug-likeness (QED) is 0.716. The molecule has 0 N–H and O–H groups in total. The highest BCUT2D eigenvalue weighted by atomic mass is 16.6. The number of fused-ring (bicyclic) bond motifs is 1. The van der Waals surface area contributed by atoms with E-state index in [4.69, 9.17) is 14.2 Å². The van der Waals surface area contributed by atoms with Crippen LogP contribution in [0.3, 0.4) is 0 Å². The summed E-state index contributed by atoms with van der Waals surface area (Å²) in [5.74, 6) is 0.240. The van der Waals surface area contributed by atoms with E-state index in [-0.39, 0.29) is 35.6 Å². The van der Waals surface area contributed by atoms with Gasteiger partial charge in [0.15, 0.2) is 0 Å². The van der Waals surface area contributed by atoms with Crippen molar-refractivity contribution in [3.8, 4) is 5.75 Å². The zero-order valence-electron chi connectivity index (χ0n) is 16.6. The molecule has 29 heavy (non-hydrogen) atoms. The molecule has 4 rings (SSSR count). The number of ketones is 1. The van der Waals surface area contributed by atoms with Crippen LogP contribution in [0.25, 0.3) is 0 Å². The maximum absolute atomic E-state index is 12.9. The summed E-state index contributed by atoms with van der Waals surface area (Å²) in [5, 5.41) is 0. The van der Waals surface area contributed by atoms with Crippen LogP contribution in [0.4, 0.5) is 0 Å². The summed E-state index contributed by atoms with van der Waals surface area (Å²) in [6.45, 7) is 3.92. The Morgan fingerprint density at radius 1 is 1.07 bits per heavy atom. The lowest BCUT2D eigenvalue weighted by atomic mass is 9.80. The molecule has 1 aliphatic carbocycles. The van der Waals surface area contributed by atoms with Gasteiger partial charge in [-0.05, 0) is 56.0 Å². The molecule has 2 aromatic rings. The average Bonchev–Trinajstić information content (AvgIpc) is 2.73. The SMILES string of the molecule is Cc1ccc(C)c(OC2=COC3CC(OC(=O)c4ccccc4)CCC3C2=O)c1. The number of benzene rings is 2. The first kappa shape index (κ1) is 19.2. The van der Waals surface area contributed by atoms with Crippen LogP contribution >= 0.6 is 0 Å². The first-order valence-corrected chi connectivity index (χ1v) is 9.92. The first-order valence-electron chi connectivity index (χ1n) is 9.92. The molecule has 2 aromatic carbocycles. The minimum absolute atomic E-state index is 0.0463. The molecule has 0 amide bonds. The van der Waals surface area contributed by atoms with Crippen LogP contribution in [0.15, 0.2) is 60.6 Å². The molecule has 0 radical (unpaired) electrons. The molecule has 1 saturated carbocycles. The zero-order chi connectivity index (χ0) is 20.4. The molecule has 0 saturated heterocycles. The van der Waals surface area contributed by atoms with Crippen LogP contribution in [0.1, 0.15) is 40.7 Å². The van der Waals surface area contributed by atoms with Crippen LogP contribution in [-0.2, 0) is 14.3 Å². The van der Waals surface area contributed by atoms with E-state index in [1.807, 2.05) is 38.1 Å². The molecule has 0 spiro atoms. The number of esters is 1. The third-order valence-corrected chi connectivity index (χ3v) is 5.52. The Morgan fingerprint density at radius 3 is 2.66 bits per heavy atom. The molecule has 5 heteroatoms. The molecule has 150 valence electrons. The predicted octanol–water partition coefficient (Wildman–Crippen LogP) is 4.52. The van der Waals surface area contributed by atoms with Crippen molar-refractivity contribution < 1.29 is 23.8 Å². The fourth-order valence-corrected chi connectivity index (χ4v) is 3.84. The van der Waals surface area contributed by atoms with Gasteiger partial charge in [-0.2, -0.15) is 0 Å². The van der Waals surface area contributed by atoms with Crippen molar-refractivity contribution in [3.05, 3.63) is 77.2 Å².